The number of carbonyl (C=O) groups excluding carboxylic acids is 2. The highest BCUT2D eigenvalue weighted by atomic mass is 16.5. The van der Waals surface area contributed by atoms with Gasteiger partial charge in [0.25, 0.3) is 0 Å². The van der Waals surface area contributed by atoms with Crippen molar-refractivity contribution >= 4 is 17.6 Å². The second-order valence-corrected chi connectivity index (χ2v) is 9.15. The highest BCUT2D eigenvalue weighted by Crippen LogP contribution is 2.36. The molecule has 1 N–H and O–H groups in total. The summed E-state index contributed by atoms with van der Waals surface area (Å²) in [6.45, 7) is 6.57. The quantitative estimate of drug-likeness (QED) is 0.658. The van der Waals surface area contributed by atoms with Crippen molar-refractivity contribution in [1.82, 2.24) is 10.2 Å². The highest BCUT2D eigenvalue weighted by Gasteiger charge is 2.34. The summed E-state index contributed by atoms with van der Waals surface area (Å²) in [4.78, 5) is 29.8. The molecule has 1 atom stereocenters. The summed E-state index contributed by atoms with van der Waals surface area (Å²) >= 11 is 0. The van der Waals surface area contributed by atoms with E-state index < -0.39 is 0 Å². The number of fused-ring (bicyclic) bond motifs is 1. The minimum atomic E-state index is -0.0200. The molecule has 2 aromatic carbocycles. The summed E-state index contributed by atoms with van der Waals surface area (Å²) in [5, 5.41) is 3.09. The molecular weight excluding hydrogens is 414 g/mol. The molecule has 33 heavy (non-hydrogen) atoms. The van der Waals surface area contributed by atoms with Crippen LogP contribution in [0.1, 0.15) is 43.7 Å². The van der Waals surface area contributed by atoms with Gasteiger partial charge in [-0.2, -0.15) is 0 Å². The third-order valence-electron chi connectivity index (χ3n) is 6.69. The number of aryl methyl sites for hydroxylation is 2. The Bertz CT molecular complexity index is 954. The van der Waals surface area contributed by atoms with Crippen molar-refractivity contribution in [3.8, 4) is 5.75 Å². The number of hydrogen-bond donors (Lipinski definition) is 1. The fraction of sp³-hybridized carbons (Fsp3) is 0.481. The van der Waals surface area contributed by atoms with Crippen LogP contribution in [0.3, 0.4) is 0 Å². The van der Waals surface area contributed by atoms with Crippen LogP contribution < -0.4 is 15.0 Å². The molecule has 0 aromatic heterocycles. The number of anilines is 1. The van der Waals surface area contributed by atoms with E-state index in [-0.39, 0.29) is 24.0 Å². The van der Waals surface area contributed by atoms with Crippen LogP contribution in [0.15, 0.2) is 48.5 Å². The van der Waals surface area contributed by atoms with Gasteiger partial charge in [0.05, 0.1) is 12.2 Å². The Hall–Kier alpha value is -3.02. The normalized spacial score (nSPS) is 18.4. The number of piperidine rings is 1. The summed E-state index contributed by atoms with van der Waals surface area (Å²) in [7, 11) is 0. The number of rotatable bonds is 6. The SMILES string of the molecule is CC[C@H]1CN(C(=O)N2CCC(C(=O)NCCCc3ccccc3)CC2)c2cc(C)ccc2O1. The van der Waals surface area contributed by atoms with Crippen molar-refractivity contribution < 1.29 is 14.3 Å². The smallest absolute Gasteiger partial charge is 0.324 e. The van der Waals surface area contributed by atoms with E-state index in [1.54, 1.807) is 0 Å². The van der Waals surface area contributed by atoms with E-state index in [9.17, 15) is 9.59 Å². The highest BCUT2D eigenvalue weighted by molar-refractivity contribution is 5.94. The third-order valence-corrected chi connectivity index (χ3v) is 6.69. The maximum Gasteiger partial charge on any atom is 0.324 e. The number of likely N-dealkylation sites (tertiary alicyclic amines) is 1. The lowest BCUT2D eigenvalue weighted by Crippen LogP contribution is -2.52. The van der Waals surface area contributed by atoms with E-state index >= 15 is 0 Å². The van der Waals surface area contributed by atoms with Gasteiger partial charge >= 0.3 is 6.03 Å². The van der Waals surface area contributed by atoms with Crippen LogP contribution in [0, 0.1) is 12.8 Å². The Labute approximate surface area is 196 Å². The molecule has 2 aliphatic heterocycles. The number of ether oxygens (including phenoxy) is 1. The fourth-order valence-corrected chi connectivity index (χ4v) is 4.65. The van der Waals surface area contributed by atoms with Gasteiger partial charge in [0.1, 0.15) is 11.9 Å². The summed E-state index contributed by atoms with van der Waals surface area (Å²) in [5.41, 5.74) is 3.25. The van der Waals surface area contributed by atoms with E-state index in [1.165, 1.54) is 5.56 Å². The first-order chi connectivity index (χ1) is 16.0. The maximum atomic E-state index is 13.4. The molecule has 0 bridgehead atoms. The number of nitrogens with one attached hydrogen (secondary N) is 1. The monoisotopic (exact) mass is 449 g/mol. The van der Waals surface area contributed by atoms with Gasteiger partial charge < -0.3 is 15.0 Å². The van der Waals surface area contributed by atoms with Gasteiger partial charge in [-0.1, -0.05) is 43.3 Å². The number of amides is 3. The maximum absolute atomic E-state index is 13.4. The van der Waals surface area contributed by atoms with E-state index in [1.807, 2.05) is 53.1 Å². The van der Waals surface area contributed by atoms with Crippen LogP contribution in [-0.4, -0.2) is 49.1 Å². The Kier molecular flexibility index (Phi) is 7.53. The summed E-state index contributed by atoms with van der Waals surface area (Å²) in [5.74, 6) is 0.874. The second kappa shape index (κ2) is 10.7. The molecular formula is C27H35N3O3. The zero-order valence-electron chi connectivity index (χ0n) is 19.8. The molecule has 1 saturated heterocycles. The largest absolute Gasteiger partial charge is 0.486 e. The Morgan fingerprint density at radius 1 is 1.09 bits per heavy atom. The van der Waals surface area contributed by atoms with Crippen molar-refractivity contribution in [1.29, 1.82) is 0 Å². The van der Waals surface area contributed by atoms with Crippen molar-refractivity contribution in [3.05, 3.63) is 59.7 Å². The third kappa shape index (κ3) is 5.67. The van der Waals surface area contributed by atoms with E-state index in [4.69, 9.17) is 4.74 Å². The minimum Gasteiger partial charge on any atom is -0.486 e. The molecule has 0 aliphatic carbocycles. The minimum absolute atomic E-state index is 0.00311. The molecule has 0 unspecified atom stereocenters. The van der Waals surface area contributed by atoms with Crippen molar-refractivity contribution in [2.24, 2.45) is 5.92 Å². The number of carbonyl (C=O) groups is 2. The molecule has 2 aromatic rings. The molecule has 4 rings (SSSR count). The fourth-order valence-electron chi connectivity index (χ4n) is 4.65. The van der Waals surface area contributed by atoms with Gasteiger partial charge in [0.15, 0.2) is 0 Å². The lowest BCUT2D eigenvalue weighted by atomic mass is 9.96. The van der Waals surface area contributed by atoms with E-state index in [0.29, 0.717) is 39.0 Å². The number of hydrogen-bond acceptors (Lipinski definition) is 3. The predicted octanol–water partition coefficient (Wildman–Crippen LogP) is 4.55. The van der Waals surface area contributed by atoms with Gasteiger partial charge in [-0.3, -0.25) is 9.69 Å². The summed E-state index contributed by atoms with van der Waals surface area (Å²) in [6, 6.07) is 16.4. The second-order valence-electron chi connectivity index (χ2n) is 9.15. The van der Waals surface area contributed by atoms with Crippen LogP contribution in [0.2, 0.25) is 0 Å². The first-order valence-electron chi connectivity index (χ1n) is 12.2. The predicted molar refractivity (Wildman–Crippen MR) is 131 cm³/mol. The Morgan fingerprint density at radius 3 is 2.58 bits per heavy atom. The van der Waals surface area contributed by atoms with Crippen LogP contribution in [0.25, 0.3) is 0 Å². The first-order valence-corrected chi connectivity index (χ1v) is 12.2. The van der Waals surface area contributed by atoms with Crippen LogP contribution >= 0.6 is 0 Å². The molecule has 2 aliphatic rings. The molecule has 2 heterocycles. The van der Waals surface area contributed by atoms with Gasteiger partial charge in [-0.05, 0) is 62.3 Å². The van der Waals surface area contributed by atoms with Gasteiger partial charge in [0, 0.05) is 25.6 Å². The number of urea groups is 1. The summed E-state index contributed by atoms with van der Waals surface area (Å²) < 4.78 is 6.06. The number of benzene rings is 2. The Balaban J connectivity index is 1.27. The molecule has 176 valence electrons. The summed E-state index contributed by atoms with van der Waals surface area (Å²) in [6.07, 6.45) is 4.17. The van der Waals surface area contributed by atoms with Crippen molar-refractivity contribution in [2.75, 3.05) is 31.1 Å². The molecule has 3 amide bonds. The van der Waals surface area contributed by atoms with Gasteiger partial charge in [0.2, 0.25) is 5.91 Å². The number of nitrogens with zero attached hydrogens (tertiary/aromatic N) is 2. The van der Waals surface area contributed by atoms with Crippen LogP contribution in [-0.2, 0) is 11.2 Å². The van der Waals surface area contributed by atoms with Crippen LogP contribution in [0.4, 0.5) is 10.5 Å². The zero-order chi connectivity index (χ0) is 23.2. The van der Waals surface area contributed by atoms with Gasteiger partial charge in [-0.25, -0.2) is 4.79 Å². The molecule has 1 fully saturated rings. The lowest BCUT2D eigenvalue weighted by molar-refractivity contribution is -0.126. The van der Waals surface area contributed by atoms with Crippen molar-refractivity contribution in [3.63, 3.8) is 0 Å². The average molecular weight is 450 g/mol. The standard InChI is InChI=1S/C27H35N3O3/c1-3-23-19-30(24-18-20(2)11-12-25(24)33-23)27(32)29-16-13-22(14-17-29)26(31)28-15-7-10-21-8-5-4-6-9-21/h4-6,8-9,11-12,18,22-23H,3,7,10,13-17,19H2,1-2H3,(H,28,31)/t23-/m0/s1. The molecule has 6 heteroatoms. The molecule has 6 nitrogen and oxygen atoms in total. The van der Waals surface area contributed by atoms with Gasteiger partial charge in [-0.15, -0.1) is 0 Å². The van der Waals surface area contributed by atoms with E-state index in [0.717, 1.165) is 36.3 Å². The molecule has 0 radical (unpaired) electrons. The van der Waals surface area contributed by atoms with Crippen molar-refractivity contribution in [2.45, 2.75) is 52.1 Å². The van der Waals surface area contributed by atoms with E-state index in [2.05, 4.69) is 24.4 Å². The average Bonchev–Trinajstić information content (AvgIpc) is 2.86. The molecule has 0 spiro atoms. The molecule has 0 saturated carbocycles. The lowest BCUT2D eigenvalue weighted by Gasteiger charge is -2.39. The van der Waals surface area contributed by atoms with Crippen LogP contribution in [0.5, 0.6) is 5.75 Å². The zero-order valence-corrected chi connectivity index (χ0v) is 19.8. The Morgan fingerprint density at radius 2 is 1.85 bits per heavy atom. The first kappa shape index (κ1) is 23.1. The topological polar surface area (TPSA) is 61.9 Å².